The van der Waals surface area contributed by atoms with E-state index in [2.05, 4.69) is 10.1 Å². The molecule has 148 valence electrons. The summed E-state index contributed by atoms with van der Waals surface area (Å²) in [5, 5.41) is 4.55. The van der Waals surface area contributed by atoms with Gasteiger partial charge in [-0.15, -0.1) is 0 Å². The van der Waals surface area contributed by atoms with Crippen LogP contribution >= 0.6 is 0 Å². The summed E-state index contributed by atoms with van der Waals surface area (Å²) in [6, 6.07) is 10.1. The Kier molecular flexibility index (Phi) is 9.94. The molecule has 0 fully saturated rings. The highest BCUT2D eigenvalue weighted by Crippen LogP contribution is 2.28. The molecule has 27 heavy (non-hydrogen) atoms. The fraction of sp³-hybridized carbons (Fsp3) is 0.455. The molecule has 0 saturated heterocycles. The smallest absolute Gasteiger partial charge is 0.244 e. The molecule has 0 amide bonds. The molecule has 0 unspecified atom stereocenters. The van der Waals surface area contributed by atoms with Gasteiger partial charge in [0.05, 0.1) is 0 Å². The number of hydrogen-bond donors (Lipinski definition) is 0. The first-order chi connectivity index (χ1) is 13.2. The first-order valence-corrected chi connectivity index (χ1v) is 9.85. The molecule has 0 saturated carbocycles. The highest BCUT2D eigenvalue weighted by molar-refractivity contribution is 5.97. The molecule has 1 aliphatic heterocycles. The van der Waals surface area contributed by atoms with E-state index in [-0.39, 0.29) is 0 Å². The molecule has 5 nitrogen and oxygen atoms in total. The summed E-state index contributed by atoms with van der Waals surface area (Å²) < 4.78 is 13.8. The van der Waals surface area contributed by atoms with Gasteiger partial charge in [-0.05, 0) is 32.4 Å². The number of aryl methyl sites for hydroxylation is 2. The minimum absolute atomic E-state index is 0.494. The maximum absolute atomic E-state index is 6.05. The Morgan fingerprint density at radius 2 is 1.81 bits per heavy atom. The van der Waals surface area contributed by atoms with Crippen molar-refractivity contribution in [2.45, 2.75) is 61.6 Å². The fourth-order valence-corrected chi connectivity index (χ4v) is 2.52. The van der Waals surface area contributed by atoms with Crippen molar-refractivity contribution < 1.29 is 9.47 Å². The largest absolute Gasteiger partial charge is 0.484 e. The van der Waals surface area contributed by atoms with Gasteiger partial charge in [-0.1, -0.05) is 58.0 Å². The number of nitrogens with zero attached hydrogens (tertiary/aromatic N) is 3. The van der Waals surface area contributed by atoms with Crippen LogP contribution in [0.15, 0.2) is 47.2 Å². The highest BCUT2D eigenvalue weighted by Gasteiger charge is 2.26. The Morgan fingerprint density at radius 1 is 1.15 bits per heavy atom. The highest BCUT2D eigenvalue weighted by atomic mass is 16.5. The predicted molar refractivity (Wildman–Crippen MR) is 112 cm³/mol. The van der Waals surface area contributed by atoms with Crippen LogP contribution in [0.2, 0.25) is 0 Å². The van der Waals surface area contributed by atoms with E-state index < -0.39 is 0 Å². The first-order valence-electron chi connectivity index (χ1n) is 9.85. The molecule has 0 radical (unpaired) electrons. The van der Waals surface area contributed by atoms with Gasteiger partial charge in [0.2, 0.25) is 5.90 Å². The molecular formula is C22H33N3O2. The standard InChI is InChI=1S/C18H21N3O2.2C2H6/c1-4-15-11-19-18(23-15)16-17(13(3)20-21(16)5-2)22-12-14-9-7-6-8-10-14;2*1-2/h4,6-10H,5,11-12H2,1-3H3;2*1-2H3/b15-4+;;. The number of benzene rings is 1. The summed E-state index contributed by atoms with van der Waals surface area (Å²) in [7, 11) is 0. The van der Waals surface area contributed by atoms with Crippen LogP contribution in [0.4, 0.5) is 0 Å². The Bertz CT molecular complexity index is 746. The zero-order chi connectivity index (χ0) is 20.2. The maximum Gasteiger partial charge on any atom is 0.244 e. The molecule has 3 rings (SSSR count). The van der Waals surface area contributed by atoms with Crippen LogP contribution in [0.3, 0.4) is 0 Å². The van der Waals surface area contributed by atoms with E-state index in [4.69, 9.17) is 9.47 Å². The average Bonchev–Trinajstić information content (AvgIpc) is 3.34. The zero-order valence-electron chi connectivity index (χ0n) is 17.7. The molecule has 0 atom stereocenters. The molecule has 0 aliphatic carbocycles. The topological polar surface area (TPSA) is 48.6 Å². The monoisotopic (exact) mass is 371 g/mol. The number of rotatable bonds is 5. The number of aromatic nitrogens is 2. The van der Waals surface area contributed by atoms with Crippen LogP contribution < -0.4 is 4.74 Å². The van der Waals surface area contributed by atoms with Gasteiger partial charge in [0.25, 0.3) is 0 Å². The SMILES string of the molecule is C/C=C1\CN=C(c2c(OCc3ccccc3)c(C)nn2CC)O1.CC.CC. The lowest BCUT2D eigenvalue weighted by Gasteiger charge is -2.10. The third-order valence-corrected chi connectivity index (χ3v) is 3.73. The van der Waals surface area contributed by atoms with Crippen LogP contribution in [0.5, 0.6) is 5.75 Å². The van der Waals surface area contributed by atoms with E-state index in [0.717, 1.165) is 35.0 Å². The molecule has 0 spiro atoms. The number of hydrogen-bond acceptors (Lipinski definition) is 4. The van der Waals surface area contributed by atoms with Crippen molar-refractivity contribution >= 4 is 5.90 Å². The Balaban J connectivity index is 0.000000855. The van der Waals surface area contributed by atoms with Crippen LogP contribution in [0.25, 0.3) is 0 Å². The Labute approximate surface area is 163 Å². The molecule has 5 heteroatoms. The van der Waals surface area contributed by atoms with Gasteiger partial charge in [-0.3, -0.25) is 4.68 Å². The van der Waals surface area contributed by atoms with Gasteiger partial charge < -0.3 is 9.47 Å². The van der Waals surface area contributed by atoms with E-state index in [1.54, 1.807) is 0 Å². The molecule has 2 aromatic rings. The lowest BCUT2D eigenvalue weighted by molar-refractivity contribution is 0.301. The van der Waals surface area contributed by atoms with E-state index in [1.165, 1.54) is 0 Å². The second-order valence-corrected chi connectivity index (χ2v) is 5.33. The summed E-state index contributed by atoms with van der Waals surface area (Å²) in [6.45, 7) is 15.7. The summed E-state index contributed by atoms with van der Waals surface area (Å²) in [5.41, 5.74) is 2.78. The summed E-state index contributed by atoms with van der Waals surface area (Å²) in [5.74, 6) is 2.19. The summed E-state index contributed by atoms with van der Waals surface area (Å²) >= 11 is 0. The number of allylic oxidation sites excluding steroid dienone is 1. The van der Waals surface area contributed by atoms with Crippen molar-refractivity contribution in [1.29, 1.82) is 0 Å². The number of ether oxygens (including phenoxy) is 2. The second kappa shape index (κ2) is 11.9. The van der Waals surface area contributed by atoms with Crippen molar-refractivity contribution in [2.75, 3.05) is 6.54 Å². The molecule has 0 bridgehead atoms. The second-order valence-electron chi connectivity index (χ2n) is 5.33. The van der Waals surface area contributed by atoms with Crippen molar-refractivity contribution in [3.8, 4) is 5.75 Å². The van der Waals surface area contributed by atoms with Crippen molar-refractivity contribution in [1.82, 2.24) is 9.78 Å². The van der Waals surface area contributed by atoms with Crippen LogP contribution in [0, 0.1) is 6.92 Å². The summed E-state index contributed by atoms with van der Waals surface area (Å²) in [4.78, 5) is 4.48. The Hall–Kier alpha value is -2.56. The fourth-order valence-electron chi connectivity index (χ4n) is 2.52. The minimum atomic E-state index is 0.494. The molecule has 2 heterocycles. The molecule has 1 aromatic heterocycles. The van der Waals surface area contributed by atoms with Crippen molar-refractivity contribution in [2.24, 2.45) is 4.99 Å². The minimum Gasteiger partial charge on any atom is -0.484 e. The van der Waals surface area contributed by atoms with E-state index in [1.807, 2.05) is 89.6 Å². The Morgan fingerprint density at radius 3 is 2.37 bits per heavy atom. The van der Waals surface area contributed by atoms with Gasteiger partial charge in [0.15, 0.2) is 11.4 Å². The van der Waals surface area contributed by atoms with Crippen LogP contribution in [-0.4, -0.2) is 22.2 Å². The van der Waals surface area contributed by atoms with Gasteiger partial charge in [0.1, 0.15) is 24.6 Å². The third-order valence-electron chi connectivity index (χ3n) is 3.73. The molecular weight excluding hydrogens is 338 g/mol. The van der Waals surface area contributed by atoms with Gasteiger partial charge >= 0.3 is 0 Å². The first kappa shape index (κ1) is 22.5. The quantitative estimate of drug-likeness (QED) is 0.695. The zero-order valence-corrected chi connectivity index (χ0v) is 17.7. The normalized spacial score (nSPS) is 13.7. The van der Waals surface area contributed by atoms with E-state index in [0.29, 0.717) is 19.0 Å². The van der Waals surface area contributed by atoms with Crippen LogP contribution in [0.1, 0.15) is 58.5 Å². The third kappa shape index (κ3) is 5.71. The molecule has 1 aliphatic rings. The van der Waals surface area contributed by atoms with Gasteiger partial charge in [0, 0.05) is 6.54 Å². The van der Waals surface area contributed by atoms with E-state index in [9.17, 15) is 0 Å². The average molecular weight is 372 g/mol. The molecule has 1 aromatic carbocycles. The predicted octanol–water partition coefficient (Wildman–Crippen LogP) is 5.52. The maximum atomic E-state index is 6.05. The number of aliphatic imine (C=N–C) groups is 1. The molecule has 0 N–H and O–H groups in total. The van der Waals surface area contributed by atoms with Crippen molar-refractivity contribution in [3.05, 3.63) is 59.1 Å². The van der Waals surface area contributed by atoms with Gasteiger partial charge in [-0.25, -0.2) is 4.99 Å². The van der Waals surface area contributed by atoms with E-state index >= 15 is 0 Å². The van der Waals surface area contributed by atoms with Crippen LogP contribution in [-0.2, 0) is 17.9 Å². The van der Waals surface area contributed by atoms with Gasteiger partial charge in [-0.2, -0.15) is 5.10 Å². The summed E-state index contributed by atoms with van der Waals surface area (Å²) in [6.07, 6.45) is 1.93. The lowest BCUT2D eigenvalue weighted by Crippen LogP contribution is -2.12. The van der Waals surface area contributed by atoms with Crippen molar-refractivity contribution in [3.63, 3.8) is 0 Å². The lowest BCUT2D eigenvalue weighted by atomic mass is 10.2.